The van der Waals surface area contributed by atoms with Crippen molar-refractivity contribution < 1.29 is 47.5 Å². The van der Waals surface area contributed by atoms with Crippen LogP contribution in [0.4, 0.5) is 0 Å². The molecule has 0 bridgehead atoms. The number of quaternary nitrogens is 1. The minimum Gasteiger partial charge on any atom is -0.390 e. The van der Waals surface area contributed by atoms with Crippen molar-refractivity contribution >= 4 is 19.6 Å². The predicted octanol–water partition coefficient (Wildman–Crippen LogP) is 8.22. The zero-order chi connectivity index (χ0) is 41.5. The third-order valence-corrected chi connectivity index (χ3v) is 11.4. The molecule has 13 heteroatoms. The van der Waals surface area contributed by atoms with Gasteiger partial charge in [0.1, 0.15) is 13.2 Å². The topological polar surface area (TPSA) is 155 Å². The molecule has 2 unspecified atom stereocenters. The molecule has 0 spiro atoms. The van der Waals surface area contributed by atoms with E-state index in [-0.39, 0.29) is 44.5 Å². The zero-order valence-electron chi connectivity index (χ0n) is 36.3. The van der Waals surface area contributed by atoms with Crippen molar-refractivity contribution in [2.75, 3.05) is 60.7 Å². The van der Waals surface area contributed by atoms with Crippen LogP contribution in [0, 0.1) is 0 Å². The molecule has 0 radical (unpaired) electrons. The van der Waals surface area contributed by atoms with Crippen LogP contribution in [0.3, 0.4) is 0 Å². The summed E-state index contributed by atoms with van der Waals surface area (Å²) in [5.41, 5.74) is 0. The van der Waals surface area contributed by atoms with Gasteiger partial charge < -0.3 is 34.5 Å². The van der Waals surface area contributed by atoms with Crippen LogP contribution in [0.25, 0.3) is 0 Å². The van der Waals surface area contributed by atoms with E-state index < -0.39 is 32.1 Å². The van der Waals surface area contributed by atoms with E-state index in [0.29, 0.717) is 37.0 Å². The summed E-state index contributed by atoms with van der Waals surface area (Å²) in [5.74, 6) is -0.268. The van der Waals surface area contributed by atoms with Crippen LogP contribution in [0.2, 0.25) is 0 Å². The molecule has 0 aromatic carbocycles. The molecule has 0 aromatic heterocycles. The van der Waals surface area contributed by atoms with Gasteiger partial charge in [-0.3, -0.25) is 18.6 Å². The number of unbranched alkanes of at least 4 members (excludes halogenated alkanes) is 18. The summed E-state index contributed by atoms with van der Waals surface area (Å²) in [4.78, 5) is 37.4. The fraction of sp³-hybridized carbons (Fsp3) is 0.907. The summed E-state index contributed by atoms with van der Waals surface area (Å²) in [7, 11) is 1.59. The molecular weight excluding hydrogens is 733 g/mol. The van der Waals surface area contributed by atoms with E-state index in [1.165, 1.54) is 77.0 Å². The number of aliphatic hydroxyl groups excluding tert-OH is 2. The summed E-state index contributed by atoms with van der Waals surface area (Å²) in [6.45, 7) is 6.00. The summed E-state index contributed by atoms with van der Waals surface area (Å²) in [6.07, 6.45) is 27.1. The number of hydrogen-bond donors (Lipinski definition) is 4. The van der Waals surface area contributed by atoms with Gasteiger partial charge in [-0.2, -0.15) is 0 Å². The van der Waals surface area contributed by atoms with Crippen molar-refractivity contribution in [3.05, 3.63) is 12.2 Å². The SMILES string of the molecule is CCCCCCCCCCCCCCCCOCC(COP(=O)(O)OCC[N+](C)(C)C)NC(=O)CCCCCCN1C(=O)C[C@@H](O)[C@H]1/C=C/[C@@H](O)CCCCC. The molecule has 4 N–H and O–H groups in total. The number of nitrogens with one attached hydrogen (secondary N) is 1. The van der Waals surface area contributed by atoms with Gasteiger partial charge in [-0.25, -0.2) is 4.57 Å². The largest absolute Gasteiger partial charge is 0.472 e. The van der Waals surface area contributed by atoms with Crippen LogP contribution in [-0.2, 0) is 27.9 Å². The second-order valence-electron chi connectivity index (χ2n) is 17.0. The van der Waals surface area contributed by atoms with Crippen molar-refractivity contribution in [2.24, 2.45) is 0 Å². The Morgan fingerprint density at radius 2 is 1.38 bits per heavy atom. The summed E-state index contributed by atoms with van der Waals surface area (Å²) in [5, 5.41) is 23.6. The van der Waals surface area contributed by atoms with Gasteiger partial charge in [0.15, 0.2) is 0 Å². The van der Waals surface area contributed by atoms with E-state index in [4.69, 9.17) is 13.8 Å². The minimum absolute atomic E-state index is 0.0655. The number of hydrogen-bond acceptors (Lipinski definition) is 8. The molecule has 1 heterocycles. The number of rotatable bonds is 38. The van der Waals surface area contributed by atoms with Crippen molar-refractivity contribution in [2.45, 2.75) is 192 Å². The third-order valence-electron chi connectivity index (χ3n) is 10.4. The lowest BCUT2D eigenvalue weighted by molar-refractivity contribution is -0.870. The average molecular weight is 819 g/mol. The van der Waals surface area contributed by atoms with E-state index in [2.05, 4.69) is 19.2 Å². The highest BCUT2D eigenvalue weighted by Gasteiger charge is 2.36. The molecule has 1 rings (SSSR count). The smallest absolute Gasteiger partial charge is 0.390 e. The Hall–Kier alpha value is -1.37. The molecule has 330 valence electrons. The number of amides is 2. The Kier molecular flexibility index (Phi) is 30.5. The van der Waals surface area contributed by atoms with E-state index in [9.17, 15) is 29.3 Å². The highest BCUT2D eigenvalue weighted by Crippen LogP contribution is 2.43. The van der Waals surface area contributed by atoms with Crippen molar-refractivity contribution in [3.63, 3.8) is 0 Å². The van der Waals surface area contributed by atoms with Gasteiger partial charge in [0, 0.05) is 19.6 Å². The molecule has 0 saturated carbocycles. The maximum Gasteiger partial charge on any atom is 0.472 e. The second-order valence-corrected chi connectivity index (χ2v) is 18.5. The number of likely N-dealkylation sites (N-methyl/N-ethyl adjacent to an activating group) is 1. The number of aliphatic hydroxyl groups is 2. The Labute approximate surface area is 341 Å². The lowest BCUT2D eigenvalue weighted by Gasteiger charge is -2.24. The molecule has 0 aromatic rings. The Bertz CT molecular complexity index is 1070. The van der Waals surface area contributed by atoms with Gasteiger partial charge in [0.2, 0.25) is 11.8 Å². The van der Waals surface area contributed by atoms with Crippen LogP contribution in [0.5, 0.6) is 0 Å². The molecular formula is C43H85N3O9P+. The van der Waals surface area contributed by atoms with Crippen LogP contribution in [0.15, 0.2) is 12.2 Å². The number of carbonyl (C=O) groups excluding carboxylic acids is 2. The molecule has 12 nitrogen and oxygen atoms in total. The first-order valence-corrected chi connectivity index (χ1v) is 23.9. The number of ether oxygens (including phenoxy) is 1. The maximum absolute atomic E-state index is 12.9. The van der Waals surface area contributed by atoms with E-state index >= 15 is 0 Å². The van der Waals surface area contributed by atoms with Crippen LogP contribution >= 0.6 is 7.82 Å². The van der Waals surface area contributed by atoms with E-state index in [1.807, 2.05) is 21.1 Å². The first-order valence-electron chi connectivity index (χ1n) is 22.4. The first kappa shape index (κ1) is 52.6. The van der Waals surface area contributed by atoms with Gasteiger partial charge in [-0.05, 0) is 25.7 Å². The Morgan fingerprint density at radius 3 is 1.98 bits per heavy atom. The summed E-state index contributed by atoms with van der Waals surface area (Å²) < 4.78 is 29.5. The number of likely N-dealkylation sites (tertiary alicyclic amines) is 1. The molecule has 2 amide bonds. The fourth-order valence-corrected chi connectivity index (χ4v) is 7.62. The Morgan fingerprint density at radius 1 is 0.821 bits per heavy atom. The van der Waals surface area contributed by atoms with Crippen LogP contribution in [0.1, 0.15) is 168 Å². The molecule has 1 saturated heterocycles. The molecule has 1 aliphatic heterocycles. The van der Waals surface area contributed by atoms with Gasteiger partial charge >= 0.3 is 7.82 Å². The lowest BCUT2D eigenvalue weighted by Crippen LogP contribution is -2.41. The molecule has 0 aliphatic carbocycles. The van der Waals surface area contributed by atoms with Crippen molar-refractivity contribution in [3.8, 4) is 0 Å². The lowest BCUT2D eigenvalue weighted by atomic mass is 10.0. The Balaban J connectivity index is 2.42. The van der Waals surface area contributed by atoms with Crippen LogP contribution < -0.4 is 5.32 Å². The van der Waals surface area contributed by atoms with Crippen molar-refractivity contribution in [1.82, 2.24) is 10.2 Å². The number of carbonyl (C=O) groups is 2. The molecule has 56 heavy (non-hydrogen) atoms. The highest BCUT2D eigenvalue weighted by atomic mass is 31.2. The summed E-state index contributed by atoms with van der Waals surface area (Å²) in [6, 6.07) is -1.03. The molecule has 1 fully saturated rings. The normalized spacial score (nSPS) is 18.5. The van der Waals surface area contributed by atoms with E-state index in [1.54, 1.807) is 17.1 Å². The van der Waals surface area contributed by atoms with Gasteiger partial charge in [0.25, 0.3) is 0 Å². The van der Waals surface area contributed by atoms with Gasteiger partial charge in [0.05, 0.1) is 65.1 Å². The minimum atomic E-state index is -4.30. The van der Waals surface area contributed by atoms with Crippen molar-refractivity contribution in [1.29, 1.82) is 0 Å². The first-order chi connectivity index (χ1) is 26.8. The van der Waals surface area contributed by atoms with E-state index in [0.717, 1.165) is 51.4 Å². The number of nitrogens with zero attached hydrogens (tertiary/aromatic N) is 2. The van der Waals surface area contributed by atoms with Gasteiger partial charge in [-0.15, -0.1) is 0 Å². The maximum atomic E-state index is 12.9. The quantitative estimate of drug-likeness (QED) is 0.0209. The number of phosphoric ester groups is 1. The molecule has 5 atom stereocenters. The summed E-state index contributed by atoms with van der Waals surface area (Å²) >= 11 is 0. The number of phosphoric acid groups is 1. The fourth-order valence-electron chi connectivity index (χ4n) is 6.87. The monoisotopic (exact) mass is 819 g/mol. The average Bonchev–Trinajstić information content (AvgIpc) is 3.40. The predicted molar refractivity (Wildman–Crippen MR) is 226 cm³/mol. The standard InChI is InChI=1S/C43H84N3O9P/c1-6-8-10-11-12-13-14-15-16-17-18-19-22-26-33-53-36-38(37-55-56(51,52)54-34-32-46(3,4)5)44-42(49)28-24-20-21-25-31-45-40(41(48)35-43(45)50)30-29-39(47)27-23-9-7-2/h29-30,38-41,47-48H,6-28,31-37H2,1-5H3,(H-,44,49,51,52)/p+1/b30-29+/t38?,39-,40+,41+/m0/s1. The second kappa shape index (κ2) is 32.5. The van der Waals surface area contributed by atoms with Gasteiger partial charge in [-0.1, -0.05) is 142 Å². The van der Waals surface area contributed by atoms with Crippen LogP contribution in [-0.4, -0.2) is 121 Å². The zero-order valence-corrected chi connectivity index (χ0v) is 37.2. The highest BCUT2D eigenvalue weighted by molar-refractivity contribution is 7.47. The third kappa shape index (κ3) is 28.9. The molecule has 1 aliphatic rings.